The molecule has 7 heteroatoms. The molecule has 0 aliphatic rings. The summed E-state index contributed by atoms with van der Waals surface area (Å²) in [6.45, 7) is 2.79. The molecular formula is C14H17F2N3O2. The van der Waals surface area contributed by atoms with Crippen LogP contribution in [0.5, 0.6) is 5.75 Å². The maximum atomic E-state index is 12.1. The van der Waals surface area contributed by atoms with Crippen LogP contribution in [0.15, 0.2) is 28.7 Å². The lowest BCUT2D eigenvalue weighted by molar-refractivity contribution is -0.0498. The van der Waals surface area contributed by atoms with Crippen LogP contribution in [0.2, 0.25) is 0 Å². The van der Waals surface area contributed by atoms with Gasteiger partial charge in [0.15, 0.2) is 0 Å². The Balaban J connectivity index is 1.98. The second-order valence-corrected chi connectivity index (χ2v) is 4.72. The van der Waals surface area contributed by atoms with Gasteiger partial charge in [0.25, 0.3) is 0 Å². The maximum absolute atomic E-state index is 12.1. The Morgan fingerprint density at radius 3 is 2.29 bits per heavy atom. The first-order valence-electron chi connectivity index (χ1n) is 6.56. The molecule has 2 atom stereocenters. The van der Waals surface area contributed by atoms with E-state index in [4.69, 9.17) is 4.42 Å². The SMILES string of the molecule is Cc1nnc([C@@H](C)N[C@@H](C)c2ccc(OC(F)F)cc2)o1. The van der Waals surface area contributed by atoms with Gasteiger partial charge < -0.3 is 9.15 Å². The largest absolute Gasteiger partial charge is 0.435 e. The minimum absolute atomic E-state index is 0.00666. The molecule has 0 aliphatic heterocycles. The van der Waals surface area contributed by atoms with E-state index in [1.165, 1.54) is 12.1 Å². The van der Waals surface area contributed by atoms with E-state index in [1.54, 1.807) is 19.1 Å². The van der Waals surface area contributed by atoms with Gasteiger partial charge in [-0.05, 0) is 31.5 Å². The summed E-state index contributed by atoms with van der Waals surface area (Å²) in [6.07, 6.45) is 0. The number of rotatable bonds is 6. The van der Waals surface area contributed by atoms with E-state index in [2.05, 4.69) is 20.3 Å². The molecule has 1 heterocycles. The van der Waals surface area contributed by atoms with Crippen LogP contribution in [0, 0.1) is 6.92 Å². The summed E-state index contributed by atoms with van der Waals surface area (Å²) in [7, 11) is 0. The first kappa shape index (κ1) is 15.4. The zero-order valence-corrected chi connectivity index (χ0v) is 12.0. The van der Waals surface area contributed by atoms with Gasteiger partial charge in [-0.1, -0.05) is 12.1 Å². The summed E-state index contributed by atoms with van der Waals surface area (Å²) in [5.74, 6) is 1.17. The Morgan fingerprint density at radius 1 is 1.10 bits per heavy atom. The number of halogens is 2. The molecule has 1 N–H and O–H groups in total. The number of aromatic nitrogens is 2. The molecule has 1 aromatic carbocycles. The average molecular weight is 297 g/mol. The van der Waals surface area contributed by atoms with Gasteiger partial charge in [0.2, 0.25) is 11.8 Å². The van der Waals surface area contributed by atoms with E-state index in [0.717, 1.165) is 5.56 Å². The van der Waals surface area contributed by atoms with E-state index >= 15 is 0 Å². The normalized spacial score (nSPS) is 14.2. The minimum Gasteiger partial charge on any atom is -0.435 e. The van der Waals surface area contributed by atoms with E-state index in [0.29, 0.717) is 11.8 Å². The van der Waals surface area contributed by atoms with E-state index < -0.39 is 6.61 Å². The van der Waals surface area contributed by atoms with Gasteiger partial charge in [0.1, 0.15) is 5.75 Å². The minimum atomic E-state index is -2.81. The summed E-state index contributed by atoms with van der Waals surface area (Å²) >= 11 is 0. The molecule has 2 aromatic rings. The lowest BCUT2D eigenvalue weighted by atomic mass is 10.1. The highest BCUT2D eigenvalue weighted by Gasteiger charge is 2.16. The predicted molar refractivity (Wildman–Crippen MR) is 72.1 cm³/mol. The van der Waals surface area contributed by atoms with Gasteiger partial charge in [-0.2, -0.15) is 8.78 Å². The van der Waals surface area contributed by atoms with Crippen LogP contribution in [0.25, 0.3) is 0 Å². The molecule has 1 aromatic heterocycles. The molecule has 0 saturated carbocycles. The van der Waals surface area contributed by atoms with Crippen LogP contribution < -0.4 is 10.1 Å². The highest BCUT2D eigenvalue weighted by molar-refractivity contribution is 5.29. The summed E-state index contributed by atoms with van der Waals surface area (Å²) in [6, 6.07) is 6.39. The Labute approximate surface area is 121 Å². The third kappa shape index (κ3) is 4.22. The molecule has 5 nitrogen and oxygen atoms in total. The second-order valence-electron chi connectivity index (χ2n) is 4.72. The van der Waals surface area contributed by atoms with Crippen LogP contribution in [0.3, 0.4) is 0 Å². The summed E-state index contributed by atoms with van der Waals surface area (Å²) < 4.78 is 33.8. The van der Waals surface area contributed by atoms with Crippen LogP contribution >= 0.6 is 0 Å². The van der Waals surface area contributed by atoms with E-state index in [9.17, 15) is 8.78 Å². The van der Waals surface area contributed by atoms with Crippen molar-refractivity contribution in [1.82, 2.24) is 15.5 Å². The summed E-state index contributed by atoms with van der Waals surface area (Å²) in [4.78, 5) is 0. The van der Waals surface area contributed by atoms with Crippen LogP contribution in [0.4, 0.5) is 8.78 Å². The van der Waals surface area contributed by atoms with Crippen LogP contribution in [-0.4, -0.2) is 16.8 Å². The molecule has 0 spiro atoms. The summed E-state index contributed by atoms with van der Waals surface area (Å²) in [5, 5.41) is 11.0. The maximum Gasteiger partial charge on any atom is 0.387 e. The van der Waals surface area contributed by atoms with Crippen molar-refractivity contribution in [3.63, 3.8) is 0 Å². The quantitative estimate of drug-likeness (QED) is 0.885. The van der Waals surface area contributed by atoms with Gasteiger partial charge in [0, 0.05) is 13.0 Å². The van der Waals surface area contributed by atoms with Crippen molar-refractivity contribution in [2.24, 2.45) is 0 Å². The third-order valence-electron chi connectivity index (χ3n) is 3.02. The van der Waals surface area contributed by atoms with Gasteiger partial charge in [-0.15, -0.1) is 10.2 Å². The molecule has 0 saturated heterocycles. The third-order valence-corrected chi connectivity index (χ3v) is 3.02. The topological polar surface area (TPSA) is 60.2 Å². The number of alkyl halides is 2. The van der Waals surface area contributed by atoms with Crippen molar-refractivity contribution in [2.75, 3.05) is 0 Å². The number of hydrogen-bond donors (Lipinski definition) is 1. The molecule has 0 unspecified atom stereocenters. The molecular weight excluding hydrogens is 280 g/mol. The standard InChI is InChI=1S/C14H17F2N3O2/c1-8(17-9(2)13-19-18-10(3)20-13)11-4-6-12(7-5-11)21-14(15)16/h4-9,14,17H,1-3H3/t8-,9+/m0/s1. The van der Waals surface area contributed by atoms with E-state index in [1.807, 2.05) is 13.8 Å². The highest BCUT2D eigenvalue weighted by Crippen LogP contribution is 2.21. The molecule has 21 heavy (non-hydrogen) atoms. The zero-order valence-electron chi connectivity index (χ0n) is 12.0. The Bertz CT molecular complexity index is 572. The van der Waals surface area contributed by atoms with Gasteiger partial charge in [0.05, 0.1) is 6.04 Å². The molecule has 114 valence electrons. The van der Waals surface area contributed by atoms with Crippen LogP contribution in [0.1, 0.15) is 43.3 Å². The fourth-order valence-corrected chi connectivity index (χ4v) is 1.97. The first-order valence-corrected chi connectivity index (χ1v) is 6.56. The monoisotopic (exact) mass is 297 g/mol. The van der Waals surface area contributed by atoms with Gasteiger partial charge >= 0.3 is 6.61 Å². The number of nitrogens with one attached hydrogen (secondary N) is 1. The molecule has 0 bridgehead atoms. The average Bonchev–Trinajstić information content (AvgIpc) is 2.85. The lowest BCUT2D eigenvalue weighted by Gasteiger charge is -2.18. The molecule has 0 aliphatic carbocycles. The lowest BCUT2D eigenvalue weighted by Crippen LogP contribution is -2.22. The predicted octanol–water partition coefficient (Wildman–Crippen LogP) is 3.39. The fourth-order valence-electron chi connectivity index (χ4n) is 1.97. The second kappa shape index (κ2) is 6.62. The van der Waals surface area contributed by atoms with Crippen molar-refractivity contribution in [3.8, 4) is 5.75 Å². The van der Waals surface area contributed by atoms with Crippen molar-refractivity contribution in [1.29, 1.82) is 0 Å². The fraction of sp³-hybridized carbons (Fsp3) is 0.429. The molecule has 0 radical (unpaired) electrons. The van der Waals surface area contributed by atoms with Crippen molar-refractivity contribution < 1.29 is 17.9 Å². The van der Waals surface area contributed by atoms with Crippen molar-refractivity contribution >= 4 is 0 Å². The number of ether oxygens (including phenoxy) is 1. The number of benzene rings is 1. The number of aryl methyl sites for hydroxylation is 1. The van der Waals surface area contributed by atoms with Crippen LogP contribution in [-0.2, 0) is 0 Å². The number of hydrogen-bond acceptors (Lipinski definition) is 5. The van der Waals surface area contributed by atoms with Crippen molar-refractivity contribution in [2.45, 2.75) is 39.5 Å². The number of nitrogens with zero attached hydrogens (tertiary/aromatic N) is 2. The Morgan fingerprint density at radius 2 is 1.76 bits per heavy atom. The smallest absolute Gasteiger partial charge is 0.387 e. The Kier molecular flexibility index (Phi) is 4.85. The summed E-state index contributed by atoms with van der Waals surface area (Å²) in [5.41, 5.74) is 0.944. The Hall–Kier alpha value is -2.02. The first-order chi connectivity index (χ1) is 9.95. The zero-order chi connectivity index (χ0) is 15.4. The molecule has 2 rings (SSSR count). The van der Waals surface area contributed by atoms with Crippen molar-refractivity contribution in [3.05, 3.63) is 41.6 Å². The van der Waals surface area contributed by atoms with Gasteiger partial charge in [-0.3, -0.25) is 5.32 Å². The van der Waals surface area contributed by atoms with E-state index in [-0.39, 0.29) is 17.8 Å². The molecule has 0 amide bonds. The highest BCUT2D eigenvalue weighted by atomic mass is 19.3. The molecule has 0 fully saturated rings. The van der Waals surface area contributed by atoms with Gasteiger partial charge in [-0.25, -0.2) is 0 Å².